The van der Waals surface area contributed by atoms with E-state index < -0.39 is 0 Å². The van der Waals surface area contributed by atoms with E-state index in [2.05, 4.69) is 4.89 Å². The van der Waals surface area contributed by atoms with Crippen molar-refractivity contribution in [3.63, 3.8) is 0 Å². The van der Waals surface area contributed by atoms with E-state index in [1.54, 1.807) is 0 Å². The minimum Gasteiger partial charge on any atom is -0.252 e. The van der Waals surface area contributed by atoms with Crippen molar-refractivity contribution in [1.82, 2.24) is 0 Å². The molecule has 0 aliphatic heterocycles. The van der Waals surface area contributed by atoms with Crippen LogP contribution in [0.25, 0.3) is 0 Å². The van der Waals surface area contributed by atoms with Crippen LogP contribution in [-0.2, 0) is 4.89 Å². The second kappa shape index (κ2) is 6.44. The Hall–Kier alpha value is -0.0800. The van der Waals surface area contributed by atoms with Crippen LogP contribution < -0.4 is 0 Å². The highest BCUT2D eigenvalue weighted by atomic mass is 17.1. The van der Waals surface area contributed by atoms with Crippen molar-refractivity contribution in [3.8, 4) is 0 Å². The molecule has 0 radical (unpaired) electrons. The highest BCUT2D eigenvalue weighted by Crippen LogP contribution is 2.18. The topological polar surface area (TPSA) is 29.5 Å². The molecule has 2 nitrogen and oxygen atoms in total. The van der Waals surface area contributed by atoms with Crippen LogP contribution in [0.1, 0.15) is 57.8 Å². The van der Waals surface area contributed by atoms with E-state index in [4.69, 9.17) is 5.26 Å². The molecule has 0 bridgehead atoms. The van der Waals surface area contributed by atoms with Gasteiger partial charge in [-0.1, -0.05) is 44.9 Å². The molecule has 0 aromatic rings. The fourth-order valence-corrected chi connectivity index (χ4v) is 1.88. The first-order valence-electron chi connectivity index (χ1n) is 5.23. The van der Waals surface area contributed by atoms with Crippen molar-refractivity contribution in [2.24, 2.45) is 0 Å². The monoisotopic (exact) mass is 172 g/mol. The van der Waals surface area contributed by atoms with E-state index >= 15 is 0 Å². The van der Waals surface area contributed by atoms with Gasteiger partial charge in [-0.05, 0) is 12.8 Å². The Balaban J connectivity index is 2.17. The highest BCUT2D eigenvalue weighted by molar-refractivity contribution is 4.60. The zero-order valence-electron chi connectivity index (χ0n) is 7.80. The molecule has 0 spiro atoms. The fourth-order valence-electron chi connectivity index (χ4n) is 1.88. The first-order valence-corrected chi connectivity index (χ1v) is 5.23. The Kier molecular flexibility index (Phi) is 5.37. The van der Waals surface area contributed by atoms with Gasteiger partial charge in [0.1, 0.15) is 0 Å². The average Bonchev–Trinajstić information content (AvgIpc) is 2.14. The van der Waals surface area contributed by atoms with E-state index in [1.807, 2.05) is 0 Å². The summed E-state index contributed by atoms with van der Waals surface area (Å²) in [6, 6.07) is 0. The van der Waals surface area contributed by atoms with E-state index in [9.17, 15) is 0 Å². The molecule has 0 aromatic carbocycles. The van der Waals surface area contributed by atoms with Gasteiger partial charge >= 0.3 is 0 Å². The summed E-state index contributed by atoms with van der Waals surface area (Å²) in [5, 5.41) is 8.57. The minimum atomic E-state index is 0.114. The Morgan fingerprint density at radius 1 is 0.750 bits per heavy atom. The van der Waals surface area contributed by atoms with Crippen LogP contribution >= 0.6 is 0 Å². The number of hydrogen-bond donors (Lipinski definition) is 1. The van der Waals surface area contributed by atoms with Crippen molar-refractivity contribution in [2.75, 3.05) is 0 Å². The Bertz CT molecular complexity index is 94.0. The van der Waals surface area contributed by atoms with Crippen LogP contribution in [-0.4, -0.2) is 11.4 Å². The second-order valence-electron chi connectivity index (χ2n) is 3.78. The summed E-state index contributed by atoms with van der Waals surface area (Å²) < 4.78 is 0. The summed E-state index contributed by atoms with van der Waals surface area (Å²) in [5.41, 5.74) is 0. The molecule has 0 saturated heterocycles. The van der Waals surface area contributed by atoms with Gasteiger partial charge in [-0.25, -0.2) is 4.89 Å². The highest BCUT2D eigenvalue weighted by Gasteiger charge is 2.09. The molecule has 1 N–H and O–H groups in total. The van der Waals surface area contributed by atoms with Gasteiger partial charge in [-0.15, -0.1) is 0 Å². The van der Waals surface area contributed by atoms with E-state index in [-0.39, 0.29) is 6.10 Å². The molecular formula is C10H20O2. The number of hydrogen-bond acceptors (Lipinski definition) is 2. The zero-order chi connectivity index (χ0) is 8.65. The van der Waals surface area contributed by atoms with Crippen LogP contribution in [0.3, 0.4) is 0 Å². The van der Waals surface area contributed by atoms with Crippen molar-refractivity contribution in [3.05, 3.63) is 0 Å². The van der Waals surface area contributed by atoms with Crippen molar-refractivity contribution in [1.29, 1.82) is 0 Å². The van der Waals surface area contributed by atoms with Gasteiger partial charge < -0.3 is 0 Å². The maximum atomic E-state index is 8.57. The molecule has 1 aliphatic carbocycles. The third-order valence-corrected chi connectivity index (χ3v) is 2.70. The zero-order valence-corrected chi connectivity index (χ0v) is 7.80. The van der Waals surface area contributed by atoms with Gasteiger partial charge in [-0.2, -0.15) is 0 Å². The van der Waals surface area contributed by atoms with E-state index in [0.717, 1.165) is 12.8 Å². The second-order valence-corrected chi connectivity index (χ2v) is 3.78. The summed E-state index contributed by atoms with van der Waals surface area (Å²) in [5.74, 6) is 0. The Morgan fingerprint density at radius 3 is 1.58 bits per heavy atom. The molecule has 2 heteroatoms. The largest absolute Gasteiger partial charge is 0.252 e. The molecular weight excluding hydrogens is 152 g/mol. The van der Waals surface area contributed by atoms with Gasteiger partial charge in [0.25, 0.3) is 0 Å². The summed E-state index contributed by atoms with van der Waals surface area (Å²) in [4.78, 5) is 4.42. The quantitative estimate of drug-likeness (QED) is 0.485. The minimum absolute atomic E-state index is 0.114. The normalized spacial score (nSPS) is 23.8. The third-order valence-electron chi connectivity index (χ3n) is 2.70. The van der Waals surface area contributed by atoms with Crippen molar-refractivity contribution < 1.29 is 10.1 Å². The van der Waals surface area contributed by atoms with Crippen LogP contribution in [0.15, 0.2) is 0 Å². The summed E-state index contributed by atoms with van der Waals surface area (Å²) in [6.45, 7) is 0. The molecule has 72 valence electrons. The van der Waals surface area contributed by atoms with Gasteiger partial charge in [0, 0.05) is 0 Å². The molecule has 0 heterocycles. The smallest absolute Gasteiger partial charge is 0.0927 e. The molecule has 0 amide bonds. The molecule has 12 heavy (non-hydrogen) atoms. The van der Waals surface area contributed by atoms with Crippen LogP contribution in [0, 0.1) is 0 Å². The third kappa shape index (κ3) is 4.07. The maximum Gasteiger partial charge on any atom is 0.0927 e. The number of rotatable bonds is 1. The predicted octanol–water partition coefficient (Wildman–Crippen LogP) is 3.37. The fraction of sp³-hybridized carbons (Fsp3) is 1.00. The molecule has 1 aliphatic rings. The Morgan fingerprint density at radius 2 is 1.17 bits per heavy atom. The first-order chi connectivity index (χ1) is 5.93. The SMILES string of the molecule is OOC1CCCCCCCCC1. The van der Waals surface area contributed by atoms with Gasteiger partial charge in [0.15, 0.2) is 0 Å². The average molecular weight is 172 g/mol. The van der Waals surface area contributed by atoms with E-state index in [0.29, 0.717) is 0 Å². The molecule has 1 saturated carbocycles. The Labute approximate surface area is 74.9 Å². The molecule has 0 unspecified atom stereocenters. The van der Waals surface area contributed by atoms with Gasteiger partial charge in [0.2, 0.25) is 0 Å². The van der Waals surface area contributed by atoms with E-state index in [1.165, 1.54) is 44.9 Å². The molecule has 0 aromatic heterocycles. The lowest BCUT2D eigenvalue weighted by Gasteiger charge is -2.14. The maximum absolute atomic E-state index is 8.57. The van der Waals surface area contributed by atoms with Crippen molar-refractivity contribution >= 4 is 0 Å². The van der Waals surface area contributed by atoms with Crippen LogP contribution in [0.5, 0.6) is 0 Å². The summed E-state index contributed by atoms with van der Waals surface area (Å²) >= 11 is 0. The lowest BCUT2D eigenvalue weighted by molar-refractivity contribution is -0.281. The summed E-state index contributed by atoms with van der Waals surface area (Å²) in [6.07, 6.45) is 11.3. The lowest BCUT2D eigenvalue weighted by Crippen LogP contribution is -2.11. The van der Waals surface area contributed by atoms with Gasteiger partial charge in [0.05, 0.1) is 6.10 Å². The van der Waals surface area contributed by atoms with Gasteiger partial charge in [-0.3, -0.25) is 5.26 Å². The molecule has 0 atom stereocenters. The predicted molar refractivity (Wildman–Crippen MR) is 49.1 cm³/mol. The molecule has 1 rings (SSSR count). The van der Waals surface area contributed by atoms with Crippen molar-refractivity contribution in [2.45, 2.75) is 63.9 Å². The lowest BCUT2D eigenvalue weighted by atomic mass is 9.99. The molecule has 1 fully saturated rings. The van der Waals surface area contributed by atoms with Crippen LogP contribution in [0.2, 0.25) is 0 Å². The van der Waals surface area contributed by atoms with Crippen LogP contribution in [0.4, 0.5) is 0 Å². The first kappa shape index (κ1) is 10.0. The summed E-state index contributed by atoms with van der Waals surface area (Å²) in [7, 11) is 0. The standard InChI is InChI=1S/C10H20O2/c11-12-10-8-6-4-2-1-3-5-7-9-10/h10-11H,1-9H2.